The van der Waals surface area contributed by atoms with E-state index < -0.39 is 11.3 Å². The third-order valence-corrected chi connectivity index (χ3v) is 6.68. The molecule has 1 aromatic carbocycles. The summed E-state index contributed by atoms with van der Waals surface area (Å²) in [7, 11) is 0. The molecule has 3 aromatic rings. The van der Waals surface area contributed by atoms with E-state index in [1.54, 1.807) is 18.3 Å². The summed E-state index contributed by atoms with van der Waals surface area (Å²) in [5, 5.41) is 13.2. The van der Waals surface area contributed by atoms with Crippen LogP contribution in [0.3, 0.4) is 0 Å². The average Bonchev–Trinajstić information content (AvgIpc) is 3.24. The average molecular weight is 463 g/mol. The third-order valence-electron chi connectivity index (χ3n) is 5.58. The highest BCUT2D eigenvalue weighted by Crippen LogP contribution is 2.37. The third kappa shape index (κ3) is 5.37. The second-order valence-electron chi connectivity index (χ2n) is 8.40. The number of thiophene rings is 1. The lowest BCUT2D eigenvalue weighted by atomic mass is 9.86. The highest BCUT2D eigenvalue weighted by molar-refractivity contribution is 7.19. The second kappa shape index (κ2) is 9.67. The molecule has 3 N–H and O–H groups in total. The van der Waals surface area contributed by atoms with E-state index in [2.05, 4.69) is 26.3 Å². The number of carbonyl (C=O) groups excluding carboxylic acids is 1. The normalized spacial score (nSPS) is 14.6. The molecular weight excluding hydrogens is 436 g/mol. The minimum absolute atomic E-state index is 0.407. The maximum absolute atomic E-state index is 12.1. The molecule has 4 rings (SSSR count). The lowest BCUT2D eigenvalue weighted by Gasteiger charge is -2.25. The van der Waals surface area contributed by atoms with Gasteiger partial charge in [-0.05, 0) is 37.1 Å². The minimum Gasteiger partial charge on any atom is -0.379 e. The first kappa shape index (κ1) is 22.9. The van der Waals surface area contributed by atoms with Crippen molar-refractivity contribution in [1.82, 2.24) is 14.9 Å². The smallest absolute Gasteiger partial charge is 0.251 e. The van der Waals surface area contributed by atoms with Crippen LogP contribution < -0.4 is 11.1 Å². The van der Waals surface area contributed by atoms with Crippen molar-refractivity contribution < 1.29 is 9.53 Å². The Hall–Kier alpha value is -3.32. The molecular formula is C24H26N6O2S. The number of aromatic nitrogens is 2. The van der Waals surface area contributed by atoms with Gasteiger partial charge in [0.25, 0.3) is 5.91 Å². The van der Waals surface area contributed by atoms with Crippen molar-refractivity contribution in [2.75, 3.05) is 31.6 Å². The number of nitriles is 1. The number of nitrogens with zero attached hydrogens (tertiary/aromatic N) is 4. The standard InChI is InChI=1S/C24H26N6O2S/c1-24(2,15-25)17-5-3-16(4-6-17)19-13-18(22(26)31)23(33-19)29-20-7-8-27-21(28-20)14-30-9-11-32-12-10-30/h3-8,13H,9-12,14H2,1-2H3,(H2,26,31)(H,27,28,29). The molecule has 0 aliphatic carbocycles. The molecule has 33 heavy (non-hydrogen) atoms. The van der Waals surface area contributed by atoms with Gasteiger partial charge in [-0.25, -0.2) is 9.97 Å². The fourth-order valence-electron chi connectivity index (χ4n) is 3.55. The molecule has 0 radical (unpaired) electrons. The SMILES string of the molecule is CC(C)(C#N)c1ccc(-c2cc(C(N)=O)c(Nc3ccnc(CN4CCOCC4)n3)s2)cc1. The molecule has 0 unspecified atom stereocenters. The number of amides is 1. The number of nitrogens with one attached hydrogen (secondary N) is 1. The molecule has 170 valence electrons. The van der Waals surface area contributed by atoms with E-state index in [4.69, 9.17) is 10.5 Å². The van der Waals surface area contributed by atoms with Gasteiger partial charge >= 0.3 is 0 Å². The molecule has 2 aromatic heterocycles. The Balaban J connectivity index is 1.56. The topological polar surface area (TPSA) is 117 Å². The highest BCUT2D eigenvalue weighted by Gasteiger charge is 2.20. The lowest BCUT2D eigenvalue weighted by Crippen LogP contribution is -2.36. The van der Waals surface area contributed by atoms with E-state index in [9.17, 15) is 10.1 Å². The molecule has 9 heteroatoms. The Morgan fingerprint density at radius 1 is 1.27 bits per heavy atom. The summed E-state index contributed by atoms with van der Waals surface area (Å²) < 4.78 is 5.39. The summed E-state index contributed by atoms with van der Waals surface area (Å²) in [5.41, 5.74) is 7.38. The monoisotopic (exact) mass is 462 g/mol. The zero-order valence-corrected chi connectivity index (χ0v) is 19.5. The maximum Gasteiger partial charge on any atom is 0.251 e. The largest absolute Gasteiger partial charge is 0.379 e. The number of hydrogen-bond donors (Lipinski definition) is 2. The molecule has 3 heterocycles. The van der Waals surface area contributed by atoms with Crippen LogP contribution in [-0.4, -0.2) is 47.1 Å². The molecule has 0 saturated carbocycles. The number of nitrogens with two attached hydrogens (primary N) is 1. The second-order valence-corrected chi connectivity index (χ2v) is 9.46. The van der Waals surface area contributed by atoms with Gasteiger partial charge in [0.05, 0.1) is 36.8 Å². The summed E-state index contributed by atoms with van der Waals surface area (Å²) in [5.74, 6) is 0.801. The van der Waals surface area contributed by atoms with Gasteiger partial charge in [0.15, 0.2) is 0 Å². The van der Waals surface area contributed by atoms with Crippen molar-refractivity contribution in [3.63, 3.8) is 0 Å². The lowest BCUT2D eigenvalue weighted by molar-refractivity contribution is 0.0331. The fourth-order valence-corrected chi connectivity index (χ4v) is 4.62. The van der Waals surface area contributed by atoms with Gasteiger partial charge in [-0.3, -0.25) is 9.69 Å². The number of morpholine rings is 1. The van der Waals surface area contributed by atoms with E-state index in [0.717, 1.165) is 29.1 Å². The number of primary amides is 1. The van der Waals surface area contributed by atoms with E-state index in [1.807, 2.05) is 38.1 Å². The van der Waals surface area contributed by atoms with Gasteiger partial charge in [0.2, 0.25) is 0 Å². The molecule has 1 fully saturated rings. The van der Waals surface area contributed by atoms with Gasteiger partial charge in [-0.2, -0.15) is 5.26 Å². The van der Waals surface area contributed by atoms with Gasteiger partial charge in [0.1, 0.15) is 16.6 Å². The minimum atomic E-state index is -0.564. The summed E-state index contributed by atoms with van der Waals surface area (Å²) in [6.45, 7) is 7.55. The highest BCUT2D eigenvalue weighted by atomic mass is 32.1. The first-order valence-corrected chi connectivity index (χ1v) is 11.5. The summed E-state index contributed by atoms with van der Waals surface area (Å²) >= 11 is 1.43. The molecule has 1 amide bonds. The van der Waals surface area contributed by atoms with E-state index in [1.165, 1.54) is 11.3 Å². The van der Waals surface area contributed by atoms with E-state index >= 15 is 0 Å². The number of rotatable bonds is 7. The van der Waals surface area contributed by atoms with E-state index in [0.29, 0.717) is 42.0 Å². The number of hydrogen-bond acceptors (Lipinski definition) is 8. The van der Waals surface area contributed by atoms with Crippen LogP contribution in [0.2, 0.25) is 0 Å². The predicted molar refractivity (Wildman–Crippen MR) is 128 cm³/mol. The number of ether oxygens (including phenoxy) is 1. The van der Waals surface area contributed by atoms with Gasteiger partial charge < -0.3 is 15.8 Å². The Morgan fingerprint density at radius 2 is 2.00 bits per heavy atom. The van der Waals surface area contributed by atoms with Crippen LogP contribution in [0.15, 0.2) is 42.6 Å². The number of anilines is 2. The molecule has 1 saturated heterocycles. The fraction of sp³-hybridized carbons (Fsp3) is 0.333. The van der Waals surface area contributed by atoms with Crippen LogP contribution in [-0.2, 0) is 16.7 Å². The van der Waals surface area contributed by atoms with Crippen LogP contribution in [0.5, 0.6) is 0 Å². The summed E-state index contributed by atoms with van der Waals surface area (Å²) in [4.78, 5) is 24.2. The zero-order valence-electron chi connectivity index (χ0n) is 18.7. The molecule has 0 atom stereocenters. The molecule has 0 bridgehead atoms. The number of carbonyl (C=O) groups is 1. The molecule has 0 spiro atoms. The first-order chi connectivity index (χ1) is 15.9. The Kier molecular flexibility index (Phi) is 6.70. The zero-order chi connectivity index (χ0) is 23.4. The van der Waals surface area contributed by atoms with Gasteiger partial charge in [0, 0.05) is 24.2 Å². The maximum atomic E-state index is 12.1. The van der Waals surface area contributed by atoms with Gasteiger partial charge in [-0.1, -0.05) is 24.3 Å². The number of benzene rings is 1. The van der Waals surface area contributed by atoms with Crippen LogP contribution in [0.4, 0.5) is 10.8 Å². The van der Waals surface area contributed by atoms with Crippen LogP contribution in [0.1, 0.15) is 35.6 Å². The summed E-state index contributed by atoms with van der Waals surface area (Å²) in [6.07, 6.45) is 1.71. The van der Waals surface area contributed by atoms with E-state index in [-0.39, 0.29) is 0 Å². The molecule has 1 aliphatic heterocycles. The van der Waals surface area contributed by atoms with Crippen molar-refractivity contribution >= 4 is 28.1 Å². The van der Waals surface area contributed by atoms with Crippen molar-refractivity contribution in [3.05, 3.63) is 59.5 Å². The quantitative estimate of drug-likeness (QED) is 0.550. The predicted octanol–water partition coefficient (Wildman–Crippen LogP) is 3.68. The van der Waals surface area contributed by atoms with Crippen molar-refractivity contribution in [3.8, 4) is 16.5 Å². The van der Waals surface area contributed by atoms with Gasteiger partial charge in [-0.15, -0.1) is 11.3 Å². The van der Waals surface area contributed by atoms with Crippen LogP contribution >= 0.6 is 11.3 Å². The summed E-state index contributed by atoms with van der Waals surface area (Å²) in [6, 6.07) is 13.7. The van der Waals surface area contributed by atoms with Crippen LogP contribution in [0.25, 0.3) is 10.4 Å². The molecule has 8 nitrogen and oxygen atoms in total. The Bertz CT molecular complexity index is 1180. The van der Waals surface area contributed by atoms with Crippen molar-refractivity contribution in [2.24, 2.45) is 5.73 Å². The van der Waals surface area contributed by atoms with Crippen molar-refractivity contribution in [1.29, 1.82) is 5.26 Å². The van der Waals surface area contributed by atoms with Crippen LogP contribution in [0, 0.1) is 11.3 Å². The van der Waals surface area contributed by atoms with Crippen molar-refractivity contribution in [2.45, 2.75) is 25.8 Å². The first-order valence-electron chi connectivity index (χ1n) is 10.7. The molecule has 1 aliphatic rings. The Morgan fingerprint density at radius 3 is 2.67 bits per heavy atom. The Labute approximate surface area is 197 Å².